The zero-order valence-corrected chi connectivity index (χ0v) is 24.2. The zero-order chi connectivity index (χ0) is 27.6. The maximum Gasteiger partial charge on any atom is 0.177 e. The van der Waals surface area contributed by atoms with Gasteiger partial charge >= 0.3 is 0 Å². The summed E-state index contributed by atoms with van der Waals surface area (Å²) in [4.78, 5) is 14.9. The van der Waals surface area contributed by atoms with Gasteiger partial charge in [-0.05, 0) is 74.9 Å². The van der Waals surface area contributed by atoms with Gasteiger partial charge in [0.1, 0.15) is 17.2 Å². The maximum atomic E-state index is 12.6. The van der Waals surface area contributed by atoms with Gasteiger partial charge in [-0.25, -0.2) is 8.42 Å². The molecule has 7 rings (SSSR count). The number of piperidine rings is 1. The minimum Gasteiger partial charge on any atom is -0.373 e. The fraction of sp³-hybridized carbons (Fsp3) is 0.467. The quantitative estimate of drug-likeness (QED) is 0.246. The second-order valence-corrected chi connectivity index (χ2v) is 14.7. The molecule has 0 spiro atoms. The molecule has 0 N–H and O–H groups in total. The lowest BCUT2D eigenvalue weighted by Gasteiger charge is -2.33. The molecule has 3 saturated carbocycles. The van der Waals surface area contributed by atoms with Crippen LogP contribution in [0.4, 0.5) is 5.69 Å². The molecule has 10 heteroatoms. The Labute approximate surface area is 243 Å². The van der Waals surface area contributed by atoms with E-state index in [1.807, 2.05) is 30.3 Å². The van der Waals surface area contributed by atoms with Crippen LogP contribution in [0.2, 0.25) is 10.0 Å². The van der Waals surface area contributed by atoms with Crippen molar-refractivity contribution in [3.05, 3.63) is 69.4 Å². The van der Waals surface area contributed by atoms with E-state index in [-0.39, 0.29) is 17.1 Å². The molecular weight excluding hydrogens is 571 g/mol. The summed E-state index contributed by atoms with van der Waals surface area (Å²) >= 11 is 13.0. The summed E-state index contributed by atoms with van der Waals surface area (Å²) in [5.74, 6) is 0.928. The van der Waals surface area contributed by atoms with Gasteiger partial charge in [-0.1, -0.05) is 34.4 Å². The number of anilines is 1. The lowest BCUT2D eigenvalue weighted by Crippen LogP contribution is -2.38. The summed E-state index contributed by atoms with van der Waals surface area (Å²) in [7, 11) is -3.32. The van der Waals surface area contributed by atoms with Crippen molar-refractivity contribution in [2.24, 2.45) is 5.92 Å². The van der Waals surface area contributed by atoms with Crippen molar-refractivity contribution < 1.29 is 22.5 Å². The van der Waals surface area contributed by atoms with Gasteiger partial charge in [0, 0.05) is 46.8 Å². The Kier molecular flexibility index (Phi) is 6.73. The number of sulfone groups is 1. The van der Waals surface area contributed by atoms with Crippen molar-refractivity contribution in [2.75, 3.05) is 17.2 Å². The maximum absolute atomic E-state index is 12.6. The molecule has 0 unspecified atom stereocenters. The van der Waals surface area contributed by atoms with E-state index < -0.39 is 15.6 Å². The van der Waals surface area contributed by atoms with Crippen molar-refractivity contribution in [1.82, 2.24) is 5.16 Å². The van der Waals surface area contributed by atoms with E-state index in [2.05, 4.69) is 10.1 Å². The molecule has 1 aliphatic heterocycles. The van der Waals surface area contributed by atoms with Crippen molar-refractivity contribution in [2.45, 2.75) is 68.4 Å². The number of aromatic nitrogens is 1. The van der Waals surface area contributed by atoms with Gasteiger partial charge in [-0.15, -0.1) is 0 Å². The average molecular weight is 602 g/mol. The summed E-state index contributed by atoms with van der Waals surface area (Å²) in [6.45, 7) is 1.28. The zero-order valence-electron chi connectivity index (χ0n) is 21.9. The number of halogens is 2. The average Bonchev–Trinajstić information content (AvgIpc) is 3.86. The standard InChI is InChI=1S/C30H30Cl2N2O5S/c31-24-2-1-3-25(32)28(24)29-23(30(39-33-29)18-4-5-18)15-38-27-13-21-12-19(27)14-34(21)20-8-6-17(7-9-20)26(35)16-40(36,37)22-10-11-22/h1-3,6-9,18-19,21-22,27H,4-5,10-16H2/t19-,21-,27+/m1/s1. The summed E-state index contributed by atoms with van der Waals surface area (Å²) in [5, 5.41) is 5.13. The highest BCUT2D eigenvalue weighted by Crippen LogP contribution is 2.47. The monoisotopic (exact) mass is 600 g/mol. The molecule has 2 aromatic carbocycles. The first-order chi connectivity index (χ1) is 19.3. The van der Waals surface area contributed by atoms with Crippen molar-refractivity contribution in [3.63, 3.8) is 0 Å². The minimum absolute atomic E-state index is 0.131. The molecule has 40 heavy (non-hydrogen) atoms. The Morgan fingerprint density at radius 1 is 1.02 bits per heavy atom. The largest absolute Gasteiger partial charge is 0.373 e. The van der Waals surface area contributed by atoms with Gasteiger partial charge in [0.25, 0.3) is 0 Å². The van der Waals surface area contributed by atoms with Gasteiger partial charge in [0.2, 0.25) is 0 Å². The number of hydrogen-bond acceptors (Lipinski definition) is 7. The lowest BCUT2D eigenvalue weighted by molar-refractivity contribution is 0.0122. The number of rotatable bonds is 10. The second-order valence-electron chi connectivity index (χ2n) is 11.6. The SMILES string of the molecule is O=C(CS(=O)(=O)C1CC1)c1ccc(N2C[C@H]3C[C@@H]2C[C@@H]3OCc2c(-c3c(Cl)cccc3Cl)noc2C2CC2)cc1. The Morgan fingerprint density at radius 2 is 1.75 bits per heavy atom. The Balaban J connectivity index is 1.01. The number of carbonyl (C=O) groups excluding carboxylic acids is 1. The van der Waals surface area contributed by atoms with E-state index in [1.165, 1.54) is 0 Å². The van der Waals surface area contributed by atoms with Gasteiger partial charge in [-0.3, -0.25) is 4.79 Å². The van der Waals surface area contributed by atoms with E-state index in [9.17, 15) is 13.2 Å². The highest BCUT2D eigenvalue weighted by molar-refractivity contribution is 7.93. The van der Waals surface area contributed by atoms with Gasteiger partial charge in [0.15, 0.2) is 15.6 Å². The molecule has 3 atom stereocenters. The number of carbonyl (C=O) groups is 1. The van der Waals surface area contributed by atoms with Gasteiger partial charge in [0.05, 0.1) is 28.0 Å². The molecule has 1 aromatic heterocycles. The van der Waals surface area contributed by atoms with Crippen LogP contribution in [0.1, 0.15) is 66.1 Å². The molecule has 0 radical (unpaired) electrons. The number of benzene rings is 2. The van der Waals surface area contributed by atoms with E-state index in [0.29, 0.717) is 64.2 Å². The van der Waals surface area contributed by atoms with Crippen molar-refractivity contribution in [3.8, 4) is 11.3 Å². The van der Waals surface area contributed by atoms with Crippen molar-refractivity contribution >= 4 is 44.5 Å². The third kappa shape index (κ3) is 4.97. The van der Waals surface area contributed by atoms with Crippen LogP contribution in [-0.4, -0.2) is 49.1 Å². The molecular formula is C30H30Cl2N2O5S. The third-order valence-electron chi connectivity index (χ3n) is 8.77. The number of ether oxygens (including phenoxy) is 1. The van der Waals surface area contributed by atoms with Gasteiger partial charge < -0.3 is 14.2 Å². The van der Waals surface area contributed by atoms with Crippen LogP contribution in [0.25, 0.3) is 11.3 Å². The molecule has 7 nitrogen and oxygen atoms in total. The first kappa shape index (κ1) is 26.5. The normalized spacial score (nSPS) is 24.1. The fourth-order valence-electron chi connectivity index (χ4n) is 6.32. The minimum atomic E-state index is -3.32. The Hall–Kier alpha value is -2.39. The molecule has 2 heterocycles. The van der Waals surface area contributed by atoms with E-state index >= 15 is 0 Å². The van der Waals surface area contributed by atoms with E-state index in [4.69, 9.17) is 32.5 Å². The predicted molar refractivity (Wildman–Crippen MR) is 154 cm³/mol. The van der Waals surface area contributed by atoms with E-state index in [1.54, 1.807) is 12.1 Å². The summed E-state index contributed by atoms with van der Waals surface area (Å²) in [5.41, 5.74) is 3.81. The summed E-state index contributed by atoms with van der Waals surface area (Å²) in [6.07, 6.45) is 5.61. The topological polar surface area (TPSA) is 89.7 Å². The van der Waals surface area contributed by atoms with E-state index in [0.717, 1.165) is 49.2 Å². The molecule has 4 fully saturated rings. The third-order valence-corrected chi connectivity index (χ3v) is 11.6. The highest BCUT2D eigenvalue weighted by atomic mass is 35.5. The number of hydrogen-bond donors (Lipinski definition) is 0. The number of fused-ring (bicyclic) bond motifs is 2. The molecule has 3 aromatic rings. The lowest BCUT2D eigenvalue weighted by atomic mass is 10.0. The molecule has 210 valence electrons. The van der Waals surface area contributed by atoms with Crippen molar-refractivity contribution in [1.29, 1.82) is 0 Å². The first-order valence-corrected chi connectivity index (χ1v) is 16.4. The van der Waals surface area contributed by atoms with Crippen LogP contribution in [-0.2, 0) is 21.2 Å². The van der Waals surface area contributed by atoms with Crippen LogP contribution in [0.15, 0.2) is 47.0 Å². The van der Waals surface area contributed by atoms with Crippen LogP contribution >= 0.6 is 23.2 Å². The Morgan fingerprint density at radius 3 is 2.38 bits per heavy atom. The molecule has 1 saturated heterocycles. The molecule has 3 aliphatic carbocycles. The number of Topliss-reactive ketones (excluding diaryl/α,β-unsaturated/α-hetero) is 1. The predicted octanol–water partition coefficient (Wildman–Crippen LogP) is 6.47. The smallest absolute Gasteiger partial charge is 0.177 e. The highest BCUT2D eigenvalue weighted by Gasteiger charge is 2.46. The Bertz CT molecular complexity index is 1540. The van der Waals surface area contributed by atoms with Crippen LogP contribution < -0.4 is 4.90 Å². The fourth-order valence-corrected chi connectivity index (χ4v) is 8.51. The summed E-state index contributed by atoms with van der Waals surface area (Å²) in [6, 6.07) is 13.2. The number of nitrogens with zero attached hydrogens (tertiary/aromatic N) is 2. The summed E-state index contributed by atoms with van der Waals surface area (Å²) < 4.78 is 36.7. The molecule has 0 amide bonds. The number of ketones is 1. The first-order valence-electron chi connectivity index (χ1n) is 13.9. The van der Waals surface area contributed by atoms with Crippen LogP contribution in [0, 0.1) is 5.92 Å². The van der Waals surface area contributed by atoms with Gasteiger partial charge in [-0.2, -0.15) is 0 Å². The molecule has 2 bridgehead atoms. The van der Waals surface area contributed by atoms with Crippen LogP contribution in [0.3, 0.4) is 0 Å². The van der Waals surface area contributed by atoms with Crippen LogP contribution in [0.5, 0.6) is 0 Å². The molecule has 4 aliphatic rings. The second kappa shape index (κ2) is 10.2.